The van der Waals surface area contributed by atoms with Gasteiger partial charge in [0.05, 0.1) is 6.20 Å². The Morgan fingerprint density at radius 2 is 1.83 bits per heavy atom. The van der Waals surface area contributed by atoms with Crippen LogP contribution in [0.3, 0.4) is 0 Å². The summed E-state index contributed by atoms with van der Waals surface area (Å²) in [6.45, 7) is 6.20. The van der Waals surface area contributed by atoms with E-state index in [4.69, 9.17) is 9.47 Å². The van der Waals surface area contributed by atoms with Gasteiger partial charge in [0.15, 0.2) is 5.65 Å². The fourth-order valence-electron chi connectivity index (χ4n) is 4.15. The Bertz CT molecular complexity index is 1310. The molecule has 0 bridgehead atoms. The number of rotatable bonds is 8. The van der Waals surface area contributed by atoms with Crippen molar-refractivity contribution in [1.82, 2.24) is 24.9 Å². The number of nitrogens with zero attached hydrogens (tertiary/aromatic N) is 4. The quantitative estimate of drug-likeness (QED) is 0.376. The minimum absolute atomic E-state index is 0.0728. The number of nitrogens with one attached hydrogen (secondary N) is 2. The van der Waals surface area contributed by atoms with Gasteiger partial charge in [-0.1, -0.05) is 30.3 Å². The molecule has 1 aliphatic rings. The standard InChI is InChI=1S/C27H30N6O3/c1-18(2)30-25(34)21-10-8-20(9-11-21)23-17-29-33-24(23)31-27(36-22-6-4-3-5-7-22)32-26(33)28-16-19-12-14-35-15-13-19/h3-11,17-19H,12-16H2,1-2H3,(H,30,34)(H,28,31,32). The molecule has 4 aromatic rings. The summed E-state index contributed by atoms with van der Waals surface area (Å²) in [5.41, 5.74) is 2.93. The maximum absolute atomic E-state index is 12.3. The number of ether oxygens (including phenoxy) is 2. The predicted octanol–water partition coefficient (Wildman–Crippen LogP) is 4.56. The summed E-state index contributed by atoms with van der Waals surface area (Å²) >= 11 is 0. The molecule has 3 heterocycles. The van der Waals surface area contributed by atoms with Crippen LogP contribution in [0.1, 0.15) is 37.0 Å². The van der Waals surface area contributed by atoms with Gasteiger partial charge in [-0.2, -0.15) is 19.6 Å². The van der Waals surface area contributed by atoms with Gasteiger partial charge >= 0.3 is 6.01 Å². The normalized spacial score (nSPS) is 14.2. The molecule has 0 aliphatic carbocycles. The largest absolute Gasteiger partial charge is 0.424 e. The number of para-hydroxylation sites is 1. The molecule has 186 valence electrons. The average Bonchev–Trinajstić information content (AvgIpc) is 3.32. The van der Waals surface area contributed by atoms with Crippen LogP contribution < -0.4 is 15.4 Å². The van der Waals surface area contributed by atoms with E-state index in [-0.39, 0.29) is 18.0 Å². The molecule has 9 nitrogen and oxygen atoms in total. The second kappa shape index (κ2) is 10.7. The van der Waals surface area contributed by atoms with Crippen molar-refractivity contribution in [3.8, 4) is 22.9 Å². The molecule has 9 heteroatoms. The van der Waals surface area contributed by atoms with Crippen LogP contribution in [0.5, 0.6) is 11.8 Å². The van der Waals surface area contributed by atoms with Crippen LogP contribution in [0.4, 0.5) is 5.95 Å². The summed E-state index contributed by atoms with van der Waals surface area (Å²) in [6, 6.07) is 17.2. The van der Waals surface area contributed by atoms with Gasteiger partial charge in [-0.3, -0.25) is 4.79 Å². The van der Waals surface area contributed by atoms with E-state index in [1.807, 2.05) is 68.4 Å². The van der Waals surface area contributed by atoms with Crippen LogP contribution >= 0.6 is 0 Å². The summed E-state index contributed by atoms with van der Waals surface area (Å²) in [6.07, 6.45) is 3.78. The molecule has 0 radical (unpaired) electrons. The fraction of sp³-hybridized carbons (Fsp3) is 0.333. The Labute approximate surface area is 209 Å². The monoisotopic (exact) mass is 486 g/mol. The summed E-state index contributed by atoms with van der Waals surface area (Å²) in [7, 11) is 0. The van der Waals surface area contributed by atoms with Gasteiger partial charge < -0.3 is 20.1 Å². The molecule has 1 saturated heterocycles. The number of aromatic nitrogens is 4. The second-order valence-corrected chi connectivity index (χ2v) is 9.18. The van der Waals surface area contributed by atoms with Gasteiger partial charge in [-0.05, 0) is 62.4 Å². The van der Waals surface area contributed by atoms with Gasteiger partial charge in [0, 0.05) is 36.9 Å². The highest BCUT2D eigenvalue weighted by Crippen LogP contribution is 2.28. The number of fused-ring (bicyclic) bond motifs is 1. The third kappa shape index (κ3) is 5.46. The Morgan fingerprint density at radius 3 is 2.56 bits per heavy atom. The first-order chi connectivity index (χ1) is 17.6. The molecule has 5 rings (SSSR count). The molecular weight excluding hydrogens is 456 g/mol. The van der Waals surface area contributed by atoms with E-state index in [1.165, 1.54) is 0 Å². The lowest BCUT2D eigenvalue weighted by molar-refractivity contribution is 0.0699. The number of anilines is 1. The number of amides is 1. The van der Waals surface area contributed by atoms with Gasteiger partial charge in [-0.15, -0.1) is 0 Å². The zero-order chi connectivity index (χ0) is 24.9. The van der Waals surface area contributed by atoms with Gasteiger partial charge in [0.1, 0.15) is 5.75 Å². The van der Waals surface area contributed by atoms with E-state index in [2.05, 4.69) is 25.7 Å². The van der Waals surface area contributed by atoms with Crippen LogP contribution in [0.2, 0.25) is 0 Å². The number of benzene rings is 2. The lowest BCUT2D eigenvalue weighted by Gasteiger charge is -2.22. The van der Waals surface area contributed by atoms with E-state index in [9.17, 15) is 4.79 Å². The van der Waals surface area contributed by atoms with E-state index in [0.717, 1.165) is 43.7 Å². The molecule has 1 amide bonds. The number of hydrogen-bond donors (Lipinski definition) is 2. The smallest absolute Gasteiger partial charge is 0.327 e. The summed E-state index contributed by atoms with van der Waals surface area (Å²) < 4.78 is 13.2. The fourth-order valence-corrected chi connectivity index (χ4v) is 4.15. The van der Waals surface area contributed by atoms with E-state index in [1.54, 1.807) is 10.7 Å². The van der Waals surface area contributed by atoms with Gasteiger partial charge in [0.25, 0.3) is 5.91 Å². The predicted molar refractivity (Wildman–Crippen MR) is 137 cm³/mol. The van der Waals surface area contributed by atoms with Crippen molar-refractivity contribution in [2.24, 2.45) is 5.92 Å². The molecule has 1 aliphatic heterocycles. The van der Waals surface area contributed by atoms with Crippen molar-refractivity contribution in [3.05, 3.63) is 66.4 Å². The first kappa shape index (κ1) is 23.7. The van der Waals surface area contributed by atoms with Crippen LogP contribution in [0, 0.1) is 5.92 Å². The van der Waals surface area contributed by atoms with Crippen LogP contribution in [-0.2, 0) is 4.74 Å². The summed E-state index contributed by atoms with van der Waals surface area (Å²) in [5.74, 6) is 1.62. The first-order valence-electron chi connectivity index (χ1n) is 12.3. The molecule has 2 N–H and O–H groups in total. The maximum atomic E-state index is 12.3. The molecule has 2 aromatic heterocycles. The highest BCUT2D eigenvalue weighted by atomic mass is 16.5. The van der Waals surface area contributed by atoms with Crippen LogP contribution in [0.25, 0.3) is 16.8 Å². The molecule has 0 saturated carbocycles. The minimum atomic E-state index is -0.100. The molecule has 36 heavy (non-hydrogen) atoms. The van der Waals surface area contributed by atoms with Crippen molar-refractivity contribution in [2.45, 2.75) is 32.7 Å². The van der Waals surface area contributed by atoms with Crippen LogP contribution in [0.15, 0.2) is 60.8 Å². The third-order valence-corrected chi connectivity index (χ3v) is 6.07. The van der Waals surface area contributed by atoms with Crippen molar-refractivity contribution in [3.63, 3.8) is 0 Å². The highest BCUT2D eigenvalue weighted by Gasteiger charge is 2.19. The average molecular weight is 487 g/mol. The van der Waals surface area contributed by atoms with Gasteiger partial charge in [-0.25, -0.2) is 0 Å². The van der Waals surface area contributed by atoms with Crippen molar-refractivity contribution >= 4 is 17.5 Å². The lowest BCUT2D eigenvalue weighted by Crippen LogP contribution is -2.29. The number of hydrogen-bond acceptors (Lipinski definition) is 7. The first-order valence-corrected chi connectivity index (χ1v) is 12.3. The summed E-state index contributed by atoms with van der Waals surface area (Å²) in [4.78, 5) is 21.7. The van der Waals surface area contributed by atoms with Crippen molar-refractivity contribution in [1.29, 1.82) is 0 Å². The topological polar surface area (TPSA) is 103 Å². The SMILES string of the molecule is CC(C)NC(=O)c1ccc(-c2cnn3c(NCC4CCOCC4)nc(Oc4ccccc4)nc23)cc1. The number of carbonyl (C=O) groups is 1. The molecule has 0 unspecified atom stereocenters. The molecular formula is C27H30N6O3. The van der Waals surface area contributed by atoms with Crippen LogP contribution in [-0.4, -0.2) is 51.3 Å². The molecule has 0 spiro atoms. The van der Waals surface area contributed by atoms with E-state index < -0.39 is 0 Å². The zero-order valence-electron chi connectivity index (χ0n) is 20.5. The lowest BCUT2D eigenvalue weighted by atomic mass is 10.0. The van der Waals surface area contributed by atoms with Crippen molar-refractivity contribution < 1.29 is 14.3 Å². The van der Waals surface area contributed by atoms with E-state index >= 15 is 0 Å². The van der Waals surface area contributed by atoms with E-state index in [0.29, 0.717) is 28.8 Å². The zero-order valence-corrected chi connectivity index (χ0v) is 20.5. The minimum Gasteiger partial charge on any atom is -0.424 e. The Kier molecular flexibility index (Phi) is 7.08. The molecule has 0 atom stereocenters. The van der Waals surface area contributed by atoms with Gasteiger partial charge in [0.2, 0.25) is 5.95 Å². The Hall–Kier alpha value is -3.98. The third-order valence-electron chi connectivity index (χ3n) is 6.07. The number of carbonyl (C=O) groups excluding carboxylic acids is 1. The van der Waals surface area contributed by atoms with Crippen molar-refractivity contribution in [2.75, 3.05) is 25.1 Å². The maximum Gasteiger partial charge on any atom is 0.327 e. The Morgan fingerprint density at radius 1 is 1.08 bits per heavy atom. The molecule has 2 aromatic carbocycles. The highest BCUT2D eigenvalue weighted by molar-refractivity contribution is 5.95. The second-order valence-electron chi connectivity index (χ2n) is 9.18. The Balaban J connectivity index is 1.47. The summed E-state index contributed by atoms with van der Waals surface area (Å²) in [5, 5.41) is 10.9. The molecule has 1 fully saturated rings.